The minimum atomic E-state index is -0.00609. The molecule has 102 valence electrons. The van der Waals surface area contributed by atoms with Gasteiger partial charge < -0.3 is 10.0 Å². The van der Waals surface area contributed by atoms with Crippen molar-refractivity contribution in [2.24, 2.45) is 0 Å². The van der Waals surface area contributed by atoms with Crippen LogP contribution in [0.1, 0.15) is 29.1 Å². The smallest absolute Gasteiger partial charge is 0.264 e. The van der Waals surface area contributed by atoms with Crippen LogP contribution in [0.3, 0.4) is 0 Å². The third-order valence-electron chi connectivity index (χ3n) is 3.26. The van der Waals surface area contributed by atoms with Gasteiger partial charge in [0.05, 0.1) is 11.5 Å². The third-order valence-corrected chi connectivity index (χ3v) is 4.52. The molecule has 1 heterocycles. The van der Waals surface area contributed by atoms with Gasteiger partial charge in [0.25, 0.3) is 5.91 Å². The van der Waals surface area contributed by atoms with Gasteiger partial charge in [0.2, 0.25) is 0 Å². The molecule has 1 N–H and O–H groups in total. The number of nitrogens with zero attached hydrogens (tertiary/aromatic N) is 1. The summed E-state index contributed by atoms with van der Waals surface area (Å²) >= 11 is 1.53. The van der Waals surface area contributed by atoms with Gasteiger partial charge in [-0.15, -0.1) is 11.3 Å². The molecule has 0 saturated heterocycles. The molecular weight excluding hydrogens is 258 g/mol. The van der Waals surface area contributed by atoms with E-state index in [-0.39, 0.29) is 18.6 Å². The fraction of sp³-hybridized carbons (Fsp3) is 0.400. The van der Waals surface area contributed by atoms with Crippen molar-refractivity contribution < 1.29 is 9.90 Å². The number of carbonyl (C=O) groups is 1. The van der Waals surface area contributed by atoms with Crippen LogP contribution >= 0.6 is 11.3 Å². The van der Waals surface area contributed by atoms with E-state index in [9.17, 15) is 4.79 Å². The maximum Gasteiger partial charge on any atom is 0.264 e. The molecule has 19 heavy (non-hydrogen) atoms. The Kier molecular flexibility index (Phi) is 4.22. The van der Waals surface area contributed by atoms with Crippen LogP contribution in [-0.4, -0.2) is 35.1 Å². The first kappa shape index (κ1) is 14.0. The Balaban J connectivity index is 2.43. The molecule has 1 aromatic carbocycles. The zero-order valence-corrected chi connectivity index (χ0v) is 12.3. The minimum absolute atomic E-state index is 0.00609. The van der Waals surface area contributed by atoms with Gasteiger partial charge >= 0.3 is 0 Å². The van der Waals surface area contributed by atoms with Crippen molar-refractivity contribution >= 4 is 27.3 Å². The first-order valence-corrected chi connectivity index (χ1v) is 7.28. The number of rotatable bonds is 4. The Hall–Kier alpha value is -1.39. The van der Waals surface area contributed by atoms with E-state index < -0.39 is 0 Å². The average Bonchev–Trinajstić information content (AvgIpc) is 2.73. The van der Waals surface area contributed by atoms with E-state index in [2.05, 4.69) is 0 Å². The van der Waals surface area contributed by atoms with Gasteiger partial charge in [-0.25, -0.2) is 0 Å². The predicted molar refractivity (Wildman–Crippen MR) is 79.8 cm³/mol. The molecule has 1 amide bonds. The maximum absolute atomic E-state index is 12.6. The highest BCUT2D eigenvalue weighted by Crippen LogP contribution is 2.31. The predicted octanol–water partition coefficient (Wildman–Crippen LogP) is 3.05. The molecule has 0 saturated carbocycles. The molecule has 0 aliphatic rings. The average molecular weight is 277 g/mol. The standard InChI is InChI=1S/C15H19NO2S/c1-10(2)16(8-9-17)15(18)14-11(3)12-6-4-5-7-13(12)19-14/h4-7,10,17H,8-9H2,1-3H3. The van der Waals surface area contributed by atoms with Crippen LogP contribution in [0.5, 0.6) is 0 Å². The number of carbonyl (C=O) groups excluding carboxylic acids is 1. The third kappa shape index (κ3) is 2.65. The van der Waals surface area contributed by atoms with Crippen LogP contribution in [0, 0.1) is 6.92 Å². The van der Waals surface area contributed by atoms with Crippen LogP contribution in [0.2, 0.25) is 0 Å². The molecule has 0 unspecified atom stereocenters. The molecule has 0 spiro atoms. The SMILES string of the molecule is Cc1c(C(=O)N(CCO)C(C)C)sc2ccccc12. The van der Waals surface area contributed by atoms with E-state index in [4.69, 9.17) is 5.11 Å². The van der Waals surface area contributed by atoms with Gasteiger partial charge in [-0.2, -0.15) is 0 Å². The largest absolute Gasteiger partial charge is 0.395 e. The summed E-state index contributed by atoms with van der Waals surface area (Å²) in [6.45, 7) is 6.30. The van der Waals surface area contributed by atoms with Crippen molar-refractivity contribution in [2.75, 3.05) is 13.2 Å². The molecule has 0 fully saturated rings. The summed E-state index contributed by atoms with van der Waals surface area (Å²) in [4.78, 5) is 15.1. The van der Waals surface area contributed by atoms with Crippen LogP contribution in [0.15, 0.2) is 24.3 Å². The van der Waals surface area contributed by atoms with E-state index in [1.54, 1.807) is 4.90 Å². The van der Waals surface area contributed by atoms with Gasteiger partial charge in [-0.1, -0.05) is 18.2 Å². The molecule has 0 radical (unpaired) electrons. The summed E-state index contributed by atoms with van der Waals surface area (Å²) in [6, 6.07) is 8.15. The second kappa shape index (κ2) is 5.72. The highest BCUT2D eigenvalue weighted by atomic mass is 32.1. The van der Waals surface area contributed by atoms with Gasteiger partial charge in [-0.3, -0.25) is 4.79 Å². The highest BCUT2D eigenvalue weighted by Gasteiger charge is 2.22. The number of fused-ring (bicyclic) bond motifs is 1. The summed E-state index contributed by atoms with van der Waals surface area (Å²) in [5.41, 5.74) is 1.04. The van der Waals surface area contributed by atoms with E-state index in [0.29, 0.717) is 6.54 Å². The zero-order chi connectivity index (χ0) is 14.0. The Morgan fingerprint density at radius 2 is 2.05 bits per heavy atom. The minimum Gasteiger partial charge on any atom is -0.395 e. The normalized spacial score (nSPS) is 11.2. The first-order chi connectivity index (χ1) is 9.06. The Labute approximate surface area is 117 Å². The van der Waals surface area contributed by atoms with E-state index in [0.717, 1.165) is 20.5 Å². The van der Waals surface area contributed by atoms with E-state index in [1.165, 1.54) is 11.3 Å². The van der Waals surface area contributed by atoms with Crippen LogP contribution in [0.4, 0.5) is 0 Å². The van der Waals surface area contributed by atoms with E-state index >= 15 is 0 Å². The molecule has 2 aromatic rings. The van der Waals surface area contributed by atoms with Gasteiger partial charge in [-0.05, 0) is 37.8 Å². The molecule has 0 bridgehead atoms. The number of thiophene rings is 1. The fourth-order valence-corrected chi connectivity index (χ4v) is 3.38. The topological polar surface area (TPSA) is 40.5 Å². The van der Waals surface area contributed by atoms with Crippen molar-refractivity contribution in [3.8, 4) is 0 Å². The lowest BCUT2D eigenvalue weighted by Crippen LogP contribution is -2.38. The number of aryl methyl sites for hydroxylation is 1. The lowest BCUT2D eigenvalue weighted by atomic mass is 10.1. The van der Waals surface area contributed by atoms with Gasteiger partial charge in [0.1, 0.15) is 0 Å². The summed E-state index contributed by atoms with van der Waals surface area (Å²) in [6.07, 6.45) is 0. The summed E-state index contributed by atoms with van der Waals surface area (Å²) < 4.78 is 1.14. The molecule has 4 heteroatoms. The molecule has 0 atom stereocenters. The molecule has 2 rings (SSSR count). The summed E-state index contributed by atoms with van der Waals surface area (Å²) in [7, 11) is 0. The number of hydrogen-bond acceptors (Lipinski definition) is 3. The number of benzene rings is 1. The van der Waals surface area contributed by atoms with Gasteiger partial charge in [0, 0.05) is 17.3 Å². The molecule has 0 aliphatic carbocycles. The van der Waals surface area contributed by atoms with Crippen molar-refractivity contribution in [3.05, 3.63) is 34.7 Å². The number of amides is 1. The monoisotopic (exact) mass is 277 g/mol. The first-order valence-electron chi connectivity index (χ1n) is 6.46. The van der Waals surface area contributed by atoms with Crippen LogP contribution in [0.25, 0.3) is 10.1 Å². The number of aliphatic hydroxyl groups is 1. The Bertz CT molecular complexity index is 589. The van der Waals surface area contributed by atoms with Crippen molar-refractivity contribution in [3.63, 3.8) is 0 Å². The van der Waals surface area contributed by atoms with Gasteiger partial charge in [0.15, 0.2) is 0 Å². The van der Waals surface area contributed by atoms with Crippen molar-refractivity contribution in [2.45, 2.75) is 26.8 Å². The maximum atomic E-state index is 12.6. The number of aliphatic hydroxyl groups excluding tert-OH is 1. The molecule has 0 aliphatic heterocycles. The second-order valence-electron chi connectivity index (χ2n) is 4.87. The highest BCUT2D eigenvalue weighted by molar-refractivity contribution is 7.21. The quantitative estimate of drug-likeness (QED) is 0.933. The van der Waals surface area contributed by atoms with Crippen molar-refractivity contribution in [1.29, 1.82) is 0 Å². The number of hydrogen-bond donors (Lipinski definition) is 1. The van der Waals surface area contributed by atoms with Crippen LogP contribution in [-0.2, 0) is 0 Å². The Morgan fingerprint density at radius 3 is 2.63 bits per heavy atom. The molecular formula is C15H19NO2S. The van der Waals surface area contributed by atoms with E-state index in [1.807, 2.05) is 45.0 Å². The lowest BCUT2D eigenvalue weighted by molar-refractivity contribution is 0.0670. The second-order valence-corrected chi connectivity index (χ2v) is 5.92. The summed E-state index contributed by atoms with van der Waals surface area (Å²) in [5.74, 6) is 0.0164. The fourth-order valence-electron chi connectivity index (χ4n) is 2.21. The lowest BCUT2D eigenvalue weighted by Gasteiger charge is -2.25. The van der Waals surface area contributed by atoms with Crippen molar-refractivity contribution in [1.82, 2.24) is 4.90 Å². The van der Waals surface area contributed by atoms with Crippen LogP contribution < -0.4 is 0 Å². The Morgan fingerprint density at radius 1 is 1.37 bits per heavy atom. The molecule has 1 aromatic heterocycles. The molecule has 3 nitrogen and oxygen atoms in total. The summed E-state index contributed by atoms with van der Waals surface area (Å²) in [5, 5.41) is 10.2. The zero-order valence-electron chi connectivity index (χ0n) is 11.5.